The van der Waals surface area contributed by atoms with Gasteiger partial charge in [0.1, 0.15) is 18.2 Å². The van der Waals surface area contributed by atoms with Gasteiger partial charge in [-0.1, -0.05) is 50.6 Å². The summed E-state index contributed by atoms with van der Waals surface area (Å²) < 4.78 is 11.6. The van der Waals surface area contributed by atoms with Crippen molar-refractivity contribution in [2.45, 2.75) is 117 Å². The molecule has 0 aromatic rings. The van der Waals surface area contributed by atoms with E-state index in [2.05, 4.69) is 25.2 Å². The highest BCUT2D eigenvalue weighted by Crippen LogP contribution is 2.29. The summed E-state index contributed by atoms with van der Waals surface area (Å²) in [5, 5.41) is 0. The largest absolute Gasteiger partial charge is 0.460 e. The average molecular weight is 570 g/mol. The average Bonchev–Trinajstić information content (AvgIpc) is 3.59. The number of esters is 1. The van der Waals surface area contributed by atoms with Crippen molar-refractivity contribution in [2.24, 2.45) is 16.8 Å². The number of likely N-dealkylation sites (N-methyl/N-ethyl adjacent to an activating group) is 1. The van der Waals surface area contributed by atoms with Gasteiger partial charge < -0.3 is 19.3 Å². The smallest absolute Gasteiger partial charge is 0.329 e. The van der Waals surface area contributed by atoms with Gasteiger partial charge in [0.05, 0.1) is 12.1 Å². The molecule has 8 heteroatoms. The standard InChI is InChI=1S/C33H51N3O5/c1-21(2)30-33(39)41-26(20-25(6)40-8)19-23(4)13-10-9-12-22(3)18-24(5)31(37)36-17-11-14-29(36)27-15-16-28(34-27)32(38)35(30)7/h9-10,13,18,21-22,25-26,28-30H,11-12,14-17,19-20H2,1-8H3/b10-9+,23-13+,24-18+/t22?,25?,26?,28-,29+,30+/m1/s1. The quantitative estimate of drug-likeness (QED) is 0.430. The molecule has 0 aromatic carbocycles. The summed E-state index contributed by atoms with van der Waals surface area (Å²) in [6, 6.07) is -1.34. The lowest BCUT2D eigenvalue weighted by Crippen LogP contribution is -2.50. The summed E-state index contributed by atoms with van der Waals surface area (Å²) in [6.45, 7) is 12.6. The first-order chi connectivity index (χ1) is 19.4. The van der Waals surface area contributed by atoms with Crippen LogP contribution in [-0.2, 0) is 23.9 Å². The first-order valence-electron chi connectivity index (χ1n) is 15.3. The summed E-state index contributed by atoms with van der Waals surface area (Å²) in [5.41, 5.74) is 2.77. The molecule has 0 spiro atoms. The minimum absolute atomic E-state index is 0.0542. The fraction of sp³-hybridized carbons (Fsp3) is 0.697. The zero-order valence-corrected chi connectivity index (χ0v) is 26.4. The van der Waals surface area contributed by atoms with Crippen LogP contribution in [0.25, 0.3) is 0 Å². The van der Waals surface area contributed by atoms with Crippen LogP contribution < -0.4 is 0 Å². The van der Waals surface area contributed by atoms with Crippen molar-refractivity contribution in [1.29, 1.82) is 0 Å². The van der Waals surface area contributed by atoms with Crippen molar-refractivity contribution in [1.82, 2.24) is 9.80 Å². The summed E-state index contributed by atoms with van der Waals surface area (Å²) in [7, 11) is 3.34. The zero-order valence-electron chi connectivity index (χ0n) is 26.4. The summed E-state index contributed by atoms with van der Waals surface area (Å²) in [4.78, 5) is 49.0. The first kappa shape index (κ1) is 32.8. The molecule has 0 aliphatic carbocycles. The molecule has 2 bridgehead atoms. The molecule has 0 radical (unpaired) electrons. The lowest BCUT2D eigenvalue weighted by molar-refractivity contribution is -0.162. The SMILES string of the molecule is COC(C)CC1C/C(C)=C/C=C/CC(C)/C=C(\C)C(=O)N2CCC[C@H]2C2=N[C@H](CC2)C(=O)N(C)[C@@H](C(C)C)C(=O)O1. The van der Waals surface area contributed by atoms with Crippen molar-refractivity contribution in [3.8, 4) is 0 Å². The van der Waals surface area contributed by atoms with Gasteiger partial charge in [-0.25, -0.2) is 4.79 Å². The Hall–Kier alpha value is -2.74. The maximum Gasteiger partial charge on any atom is 0.329 e. The van der Waals surface area contributed by atoms with Gasteiger partial charge in [0.15, 0.2) is 0 Å². The molecule has 0 N–H and O–H groups in total. The fourth-order valence-electron chi connectivity index (χ4n) is 6.27. The zero-order chi connectivity index (χ0) is 30.3. The molecule has 3 unspecified atom stereocenters. The predicted octanol–water partition coefficient (Wildman–Crippen LogP) is 5.28. The Bertz CT molecular complexity index is 1070. The van der Waals surface area contributed by atoms with Crippen LogP contribution in [0.3, 0.4) is 0 Å². The predicted molar refractivity (Wildman–Crippen MR) is 163 cm³/mol. The molecule has 3 aliphatic rings. The third kappa shape index (κ3) is 8.63. The monoisotopic (exact) mass is 569 g/mol. The molecule has 2 amide bonds. The molecule has 3 heterocycles. The van der Waals surface area contributed by atoms with Gasteiger partial charge >= 0.3 is 5.97 Å². The van der Waals surface area contributed by atoms with E-state index >= 15 is 0 Å². The molecule has 1 saturated heterocycles. The molecular formula is C33H51N3O5. The second-order valence-electron chi connectivity index (χ2n) is 12.5. The van der Waals surface area contributed by atoms with Crippen molar-refractivity contribution in [3.63, 3.8) is 0 Å². The van der Waals surface area contributed by atoms with Crippen LogP contribution >= 0.6 is 0 Å². The van der Waals surface area contributed by atoms with E-state index in [4.69, 9.17) is 14.5 Å². The Kier molecular flexibility index (Phi) is 11.9. The number of aliphatic imine (C=N–C) groups is 1. The molecular weight excluding hydrogens is 518 g/mol. The van der Waals surface area contributed by atoms with Crippen LogP contribution in [0.5, 0.6) is 0 Å². The second-order valence-corrected chi connectivity index (χ2v) is 12.5. The van der Waals surface area contributed by atoms with E-state index in [-0.39, 0.29) is 41.9 Å². The molecule has 41 heavy (non-hydrogen) atoms. The highest BCUT2D eigenvalue weighted by Gasteiger charge is 2.40. The summed E-state index contributed by atoms with van der Waals surface area (Å²) >= 11 is 0. The van der Waals surface area contributed by atoms with E-state index in [1.807, 2.05) is 45.6 Å². The number of nitrogens with zero attached hydrogens (tertiary/aromatic N) is 3. The number of rotatable bonds is 4. The van der Waals surface area contributed by atoms with E-state index in [1.54, 1.807) is 14.2 Å². The Morgan fingerprint density at radius 2 is 1.88 bits per heavy atom. The number of carbonyl (C=O) groups is 3. The normalized spacial score (nSPS) is 33.2. The number of methoxy groups -OCH3 is 1. The Balaban J connectivity index is 1.96. The number of allylic oxidation sites excluding steroid dienone is 4. The van der Waals surface area contributed by atoms with Gasteiger partial charge in [0.2, 0.25) is 11.8 Å². The van der Waals surface area contributed by atoms with E-state index < -0.39 is 18.1 Å². The topological polar surface area (TPSA) is 88.5 Å². The van der Waals surface area contributed by atoms with E-state index in [1.165, 1.54) is 4.90 Å². The summed E-state index contributed by atoms with van der Waals surface area (Å²) in [5.74, 6) is -0.445. The minimum Gasteiger partial charge on any atom is -0.460 e. The molecule has 0 aromatic heterocycles. The number of amides is 2. The number of hydrogen-bond donors (Lipinski definition) is 0. The lowest BCUT2D eigenvalue weighted by atomic mass is 10.00. The van der Waals surface area contributed by atoms with Crippen LogP contribution in [0.15, 0.2) is 40.4 Å². The minimum atomic E-state index is -0.723. The van der Waals surface area contributed by atoms with Gasteiger partial charge in [0, 0.05) is 44.8 Å². The van der Waals surface area contributed by atoms with Crippen LogP contribution in [-0.4, -0.2) is 84.3 Å². The van der Waals surface area contributed by atoms with E-state index in [9.17, 15) is 14.4 Å². The Labute approximate surface area is 246 Å². The van der Waals surface area contributed by atoms with Crippen LogP contribution in [0, 0.1) is 11.8 Å². The molecule has 0 saturated carbocycles. The summed E-state index contributed by atoms with van der Waals surface area (Å²) in [6.07, 6.45) is 12.8. The van der Waals surface area contributed by atoms with E-state index in [0.717, 1.165) is 36.1 Å². The first-order valence-corrected chi connectivity index (χ1v) is 15.3. The fourth-order valence-corrected chi connectivity index (χ4v) is 6.27. The lowest BCUT2D eigenvalue weighted by Gasteiger charge is -2.32. The molecule has 6 atom stereocenters. The van der Waals surface area contributed by atoms with E-state index in [0.29, 0.717) is 32.2 Å². The molecule has 1 fully saturated rings. The van der Waals surface area contributed by atoms with Gasteiger partial charge in [-0.15, -0.1) is 0 Å². The van der Waals surface area contributed by atoms with Crippen molar-refractivity contribution in [2.75, 3.05) is 20.7 Å². The second kappa shape index (κ2) is 14.9. The Morgan fingerprint density at radius 1 is 1.15 bits per heavy atom. The van der Waals surface area contributed by atoms with Gasteiger partial charge in [-0.05, 0) is 64.7 Å². The highest BCUT2D eigenvalue weighted by atomic mass is 16.5. The molecule has 228 valence electrons. The molecule has 8 nitrogen and oxygen atoms in total. The van der Waals surface area contributed by atoms with Gasteiger partial charge in [-0.2, -0.15) is 0 Å². The molecule has 3 aliphatic heterocycles. The number of fused-ring (bicyclic) bond motifs is 3. The van der Waals surface area contributed by atoms with Crippen molar-refractivity contribution >= 4 is 23.5 Å². The van der Waals surface area contributed by atoms with Crippen molar-refractivity contribution < 1.29 is 23.9 Å². The molecule has 3 rings (SSSR count). The number of carbonyl (C=O) groups excluding carboxylic acids is 3. The number of ether oxygens (including phenoxy) is 2. The number of hydrogen-bond acceptors (Lipinski definition) is 6. The maximum atomic E-state index is 13.7. The third-order valence-corrected chi connectivity index (χ3v) is 8.54. The third-order valence-electron chi connectivity index (χ3n) is 8.54. The highest BCUT2D eigenvalue weighted by molar-refractivity contribution is 6.01. The van der Waals surface area contributed by atoms with Crippen molar-refractivity contribution in [3.05, 3.63) is 35.5 Å². The number of cyclic esters (lactones) is 1. The van der Waals surface area contributed by atoms with Crippen LogP contribution in [0.2, 0.25) is 0 Å². The Morgan fingerprint density at radius 3 is 2.56 bits per heavy atom. The van der Waals surface area contributed by atoms with Gasteiger partial charge in [0.25, 0.3) is 0 Å². The van der Waals surface area contributed by atoms with Gasteiger partial charge in [-0.3, -0.25) is 14.6 Å². The van der Waals surface area contributed by atoms with Crippen LogP contribution in [0.1, 0.15) is 86.5 Å². The van der Waals surface area contributed by atoms with Crippen LogP contribution in [0.4, 0.5) is 0 Å². The maximum absolute atomic E-state index is 13.7.